The smallest absolute Gasteiger partial charge is 0.307 e. The molecule has 1 heterocycles. The third-order valence-electron chi connectivity index (χ3n) is 3.20. The van der Waals surface area contributed by atoms with Crippen molar-refractivity contribution in [1.29, 1.82) is 0 Å². The Morgan fingerprint density at radius 1 is 1.32 bits per heavy atom. The minimum Gasteiger partial charge on any atom is -0.469 e. The van der Waals surface area contributed by atoms with Gasteiger partial charge in [-0.2, -0.15) is 0 Å². The van der Waals surface area contributed by atoms with Gasteiger partial charge in [-0.05, 0) is 26.0 Å². The van der Waals surface area contributed by atoms with Crippen LogP contribution in [0.5, 0.6) is 0 Å². The highest BCUT2D eigenvalue weighted by Gasteiger charge is 2.08. The maximum Gasteiger partial charge on any atom is 0.307 e. The SMILES string of the molecule is COC(=O)CCn1cc(C)c(=O)c2cc(C)ccc21. The maximum absolute atomic E-state index is 12.1. The first-order valence-corrected chi connectivity index (χ1v) is 6.20. The second kappa shape index (κ2) is 5.26. The zero-order valence-corrected chi connectivity index (χ0v) is 11.4. The molecule has 2 aromatic rings. The van der Waals surface area contributed by atoms with Gasteiger partial charge in [-0.25, -0.2) is 0 Å². The fraction of sp³-hybridized carbons (Fsp3) is 0.333. The van der Waals surface area contributed by atoms with Crippen LogP contribution in [0, 0.1) is 13.8 Å². The first kappa shape index (κ1) is 13.3. The number of pyridine rings is 1. The number of ether oxygens (including phenoxy) is 1. The van der Waals surface area contributed by atoms with Gasteiger partial charge in [-0.1, -0.05) is 11.6 Å². The third-order valence-corrected chi connectivity index (χ3v) is 3.20. The van der Waals surface area contributed by atoms with Crippen molar-refractivity contribution in [2.24, 2.45) is 0 Å². The fourth-order valence-electron chi connectivity index (χ4n) is 2.16. The van der Waals surface area contributed by atoms with Crippen molar-refractivity contribution in [2.45, 2.75) is 26.8 Å². The molecule has 19 heavy (non-hydrogen) atoms. The lowest BCUT2D eigenvalue weighted by Gasteiger charge is -2.12. The molecule has 0 fully saturated rings. The van der Waals surface area contributed by atoms with E-state index in [4.69, 9.17) is 0 Å². The first-order chi connectivity index (χ1) is 9.02. The molecule has 0 saturated heterocycles. The topological polar surface area (TPSA) is 48.3 Å². The van der Waals surface area contributed by atoms with Crippen LogP contribution >= 0.6 is 0 Å². The predicted molar refractivity (Wildman–Crippen MR) is 74.3 cm³/mol. The molecule has 1 aromatic heterocycles. The molecular formula is C15H17NO3. The highest BCUT2D eigenvalue weighted by atomic mass is 16.5. The number of nitrogens with zero attached hydrogens (tertiary/aromatic N) is 1. The van der Waals surface area contributed by atoms with Gasteiger partial charge in [0.2, 0.25) is 0 Å². The van der Waals surface area contributed by atoms with E-state index < -0.39 is 0 Å². The summed E-state index contributed by atoms with van der Waals surface area (Å²) in [5.74, 6) is -0.253. The largest absolute Gasteiger partial charge is 0.469 e. The van der Waals surface area contributed by atoms with E-state index in [0.29, 0.717) is 23.9 Å². The Hall–Kier alpha value is -2.10. The van der Waals surface area contributed by atoms with Crippen LogP contribution in [-0.4, -0.2) is 17.6 Å². The highest BCUT2D eigenvalue weighted by Crippen LogP contribution is 2.14. The maximum atomic E-state index is 12.1. The van der Waals surface area contributed by atoms with E-state index in [9.17, 15) is 9.59 Å². The molecule has 0 spiro atoms. The summed E-state index contributed by atoms with van der Waals surface area (Å²) < 4.78 is 6.58. The Morgan fingerprint density at radius 3 is 2.74 bits per heavy atom. The molecule has 0 bridgehead atoms. The van der Waals surface area contributed by atoms with Crippen molar-refractivity contribution < 1.29 is 9.53 Å². The zero-order chi connectivity index (χ0) is 14.0. The molecule has 0 amide bonds. The van der Waals surface area contributed by atoms with Gasteiger partial charge in [-0.15, -0.1) is 0 Å². The lowest BCUT2D eigenvalue weighted by atomic mass is 10.1. The minimum atomic E-state index is -0.253. The van der Waals surface area contributed by atoms with Crippen LogP contribution in [0.15, 0.2) is 29.2 Å². The molecule has 0 aliphatic carbocycles. The van der Waals surface area contributed by atoms with Gasteiger partial charge >= 0.3 is 5.97 Å². The van der Waals surface area contributed by atoms with Gasteiger partial charge in [0.15, 0.2) is 5.43 Å². The monoisotopic (exact) mass is 259 g/mol. The Morgan fingerprint density at radius 2 is 2.05 bits per heavy atom. The van der Waals surface area contributed by atoms with Crippen molar-refractivity contribution in [3.63, 3.8) is 0 Å². The third kappa shape index (κ3) is 2.67. The number of methoxy groups -OCH3 is 1. The average molecular weight is 259 g/mol. The molecule has 1 aromatic carbocycles. The summed E-state index contributed by atoms with van der Waals surface area (Å²) in [5, 5.41) is 0.699. The lowest BCUT2D eigenvalue weighted by Crippen LogP contribution is -2.14. The van der Waals surface area contributed by atoms with Crippen molar-refractivity contribution in [3.8, 4) is 0 Å². The van der Waals surface area contributed by atoms with Crippen LogP contribution in [0.4, 0.5) is 0 Å². The zero-order valence-electron chi connectivity index (χ0n) is 11.4. The number of esters is 1. The van der Waals surface area contributed by atoms with E-state index in [1.165, 1.54) is 7.11 Å². The Balaban J connectivity index is 2.52. The summed E-state index contributed by atoms with van der Waals surface area (Å²) in [6, 6.07) is 5.77. The normalized spacial score (nSPS) is 10.7. The van der Waals surface area contributed by atoms with Crippen molar-refractivity contribution >= 4 is 16.9 Å². The number of fused-ring (bicyclic) bond motifs is 1. The van der Waals surface area contributed by atoms with Gasteiger partial charge in [-0.3, -0.25) is 9.59 Å². The van der Waals surface area contributed by atoms with Crippen LogP contribution in [0.2, 0.25) is 0 Å². The highest BCUT2D eigenvalue weighted by molar-refractivity contribution is 5.80. The van der Waals surface area contributed by atoms with Crippen molar-refractivity contribution in [1.82, 2.24) is 4.57 Å². The molecule has 0 saturated carbocycles. The van der Waals surface area contributed by atoms with E-state index in [1.54, 1.807) is 13.1 Å². The number of benzene rings is 1. The number of carbonyl (C=O) groups excluding carboxylic acids is 1. The number of rotatable bonds is 3. The van der Waals surface area contributed by atoms with E-state index >= 15 is 0 Å². The standard InChI is InChI=1S/C15H17NO3/c1-10-4-5-13-12(8-10)15(18)11(2)9-16(13)7-6-14(17)19-3/h4-5,8-9H,6-7H2,1-3H3. The van der Waals surface area contributed by atoms with Gasteiger partial charge in [0.1, 0.15) is 0 Å². The summed E-state index contributed by atoms with van der Waals surface area (Å²) in [4.78, 5) is 23.4. The summed E-state index contributed by atoms with van der Waals surface area (Å²) in [6.45, 7) is 4.26. The molecule has 0 atom stereocenters. The van der Waals surface area contributed by atoms with Gasteiger partial charge in [0.05, 0.1) is 19.0 Å². The average Bonchev–Trinajstić information content (AvgIpc) is 2.41. The number of aryl methyl sites for hydroxylation is 3. The molecule has 100 valence electrons. The number of aromatic nitrogens is 1. The molecule has 4 nitrogen and oxygen atoms in total. The van der Waals surface area contributed by atoms with Crippen molar-refractivity contribution in [3.05, 3.63) is 45.7 Å². The molecule has 2 rings (SSSR count). The van der Waals surface area contributed by atoms with E-state index in [1.807, 2.05) is 29.7 Å². The van der Waals surface area contributed by atoms with Crippen LogP contribution in [0.1, 0.15) is 17.5 Å². The molecule has 0 unspecified atom stereocenters. The van der Waals surface area contributed by atoms with Gasteiger partial charge in [0.25, 0.3) is 0 Å². The Labute approximate surface area is 111 Å². The van der Waals surface area contributed by atoms with E-state index in [2.05, 4.69) is 4.74 Å². The van der Waals surface area contributed by atoms with Crippen molar-refractivity contribution in [2.75, 3.05) is 7.11 Å². The van der Waals surface area contributed by atoms with Crippen LogP contribution < -0.4 is 5.43 Å². The van der Waals surface area contributed by atoms with Gasteiger partial charge < -0.3 is 9.30 Å². The van der Waals surface area contributed by atoms with Crippen LogP contribution in [-0.2, 0) is 16.1 Å². The Kier molecular flexibility index (Phi) is 3.69. The molecule has 0 N–H and O–H groups in total. The fourth-order valence-corrected chi connectivity index (χ4v) is 2.16. The van der Waals surface area contributed by atoms with Crippen LogP contribution in [0.3, 0.4) is 0 Å². The lowest BCUT2D eigenvalue weighted by molar-refractivity contribution is -0.140. The quantitative estimate of drug-likeness (QED) is 0.794. The first-order valence-electron chi connectivity index (χ1n) is 6.20. The molecule has 0 radical (unpaired) electrons. The molecule has 4 heteroatoms. The summed E-state index contributed by atoms with van der Waals surface area (Å²) in [5.41, 5.74) is 2.64. The summed E-state index contributed by atoms with van der Waals surface area (Å²) >= 11 is 0. The molecular weight excluding hydrogens is 242 g/mol. The number of hydrogen-bond donors (Lipinski definition) is 0. The second-order valence-electron chi connectivity index (χ2n) is 4.68. The van der Waals surface area contributed by atoms with Gasteiger partial charge in [0, 0.05) is 23.7 Å². The number of hydrogen-bond acceptors (Lipinski definition) is 3. The van der Waals surface area contributed by atoms with Crippen LogP contribution in [0.25, 0.3) is 10.9 Å². The molecule has 0 aliphatic heterocycles. The summed E-state index contributed by atoms with van der Waals surface area (Å²) in [6.07, 6.45) is 2.09. The second-order valence-corrected chi connectivity index (χ2v) is 4.68. The van der Waals surface area contributed by atoms with E-state index in [-0.39, 0.29) is 11.4 Å². The molecule has 0 aliphatic rings. The summed E-state index contributed by atoms with van der Waals surface area (Å²) in [7, 11) is 1.38. The predicted octanol–water partition coefficient (Wildman–Crippen LogP) is 2.18. The van der Waals surface area contributed by atoms with E-state index in [0.717, 1.165) is 11.1 Å². The minimum absolute atomic E-state index is 0.0491. The Bertz CT molecular complexity index is 686. The number of carbonyl (C=O) groups is 1.